The van der Waals surface area contributed by atoms with Crippen molar-refractivity contribution in [3.63, 3.8) is 0 Å². The molecule has 0 fully saturated rings. The Kier molecular flexibility index (Phi) is 5.07. The molecule has 0 spiro atoms. The minimum absolute atomic E-state index is 0.240. The van der Waals surface area contributed by atoms with Crippen molar-refractivity contribution in [3.8, 4) is 0 Å². The quantitative estimate of drug-likeness (QED) is 0.378. The van der Waals surface area contributed by atoms with Crippen molar-refractivity contribution in [1.82, 2.24) is 4.90 Å². The summed E-state index contributed by atoms with van der Waals surface area (Å²) >= 11 is 5.18. The molecule has 0 aliphatic heterocycles. The van der Waals surface area contributed by atoms with Crippen molar-refractivity contribution in [2.75, 3.05) is 13.1 Å². The first-order valence-electron chi connectivity index (χ1n) is 4.58. The van der Waals surface area contributed by atoms with Gasteiger partial charge in [0.15, 0.2) is 5.84 Å². The van der Waals surface area contributed by atoms with Gasteiger partial charge in [-0.25, -0.2) is 0 Å². The zero-order chi connectivity index (χ0) is 11.3. The molecule has 1 aromatic rings. The molecular formula is C9H14BrN3OS. The fourth-order valence-electron chi connectivity index (χ4n) is 1.18. The second-order valence-electron chi connectivity index (χ2n) is 3.09. The van der Waals surface area contributed by atoms with Crippen LogP contribution in [0.4, 0.5) is 0 Å². The number of rotatable bonds is 5. The van der Waals surface area contributed by atoms with Crippen LogP contribution in [-0.2, 0) is 6.54 Å². The molecular weight excluding hydrogens is 278 g/mol. The fraction of sp³-hybridized carbons (Fsp3) is 0.444. The molecule has 84 valence electrons. The Morgan fingerprint density at radius 3 is 2.93 bits per heavy atom. The van der Waals surface area contributed by atoms with Gasteiger partial charge in [0.1, 0.15) is 0 Å². The van der Waals surface area contributed by atoms with Crippen LogP contribution in [0, 0.1) is 0 Å². The van der Waals surface area contributed by atoms with Crippen LogP contribution in [0.15, 0.2) is 21.1 Å². The van der Waals surface area contributed by atoms with E-state index in [2.05, 4.69) is 26.0 Å². The van der Waals surface area contributed by atoms with Gasteiger partial charge in [0.2, 0.25) is 0 Å². The molecule has 0 aliphatic rings. The lowest BCUT2D eigenvalue weighted by atomic mass is 10.4. The lowest BCUT2D eigenvalue weighted by molar-refractivity contribution is 0.295. The largest absolute Gasteiger partial charge is 0.409 e. The molecule has 1 rings (SSSR count). The van der Waals surface area contributed by atoms with Crippen LogP contribution in [0.25, 0.3) is 0 Å². The number of hydrogen-bond acceptors (Lipinski definition) is 4. The van der Waals surface area contributed by atoms with E-state index in [0.717, 1.165) is 17.6 Å². The molecule has 0 aromatic carbocycles. The maximum atomic E-state index is 8.49. The normalized spacial score (nSPS) is 12.3. The topological polar surface area (TPSA) is 61.8 Å². The highest BCUT2D eigenvalue weighted by Crippen LogP contribution is 2.23. The standard InChI is InChI=1S/C9H14BrN3OS/c1-2-13(6-9(11)12-14)5-8-7(10)3-4-15-8/h3-4,14H,2,5-6H2,1H3,(H2,11,12). The molecule has 0 atom stereocenters. The lowest BCUT2D eigenvalue weighted by Gasteiger charge is -2.18. The summed E-state index contributed by atoms with van der Waals surface area (Å²) in [4.78, 5) is 3.36. The first kappa shape index (κ1) is 12.5. The molecule has 4 nitrogen and oxygen atoms in total. The SMILES string of the molecule is CCN(CC(N)=NO)Cc1sccc1Br. The minimum Gasteiger partial charge on any atom is -0.409 e. The Morgan fingerprint density at radius 2 is 2.47 bits per heavy atom. The third kappa shape index (κ3) is 3.81. The zero-order valence-corrected chi connectivity index (χ0v) is 10.9. The van der Waals surface area contributed by atoms with E-state index >= 15 is 0 Å². The summed E-state index contributed by atoms with van der Waals surface area (Å²) in [7, 11) is 0. The summed E-state index contributed by atoms with van der Waals surface area (Å²) in [6.45, 7) is 4.20. The highest BCUT2D eigenvalue weighted by molar-refractivity contribution is 9.10. The Bertz CT molecular complexity index is 340. The van der Waals surface area contributed by atoms with Crippen molar-refractivity contribution in [2.45, 2.75) is 13.5 Å². The predicted octanol–water partition coefficient (Wildman–Crippen LogP) is 2.08. The van der Waals surface area contributed by atoms with Gasteiger partial charge in [-0.15, -0.1) is 11.3 Å². The van der Waals surface area contributed by atoms with Gasteiger partial charge >= 0.3 is 0 Å². The van der Waals surface area contributed by atoms with Crippen LogP contribution in [-0.4, -0.2) is 29.0 Å². The molecule has 1 aromatic heterocycles. The van der Waals surface area contributed by atoms with E-state index in [1.54, 1.807) is 11.3 Å². The maximum absolute atomic E-state index is 8.49. The average Bonchev–Trinajstić information content (AvgIpc) is 2.63. The monoisotopic (exact) mass is 291 g/mol. The second-order valence-corrected chi connectivity index (χ2v) is 4.94. The van der Waals surface area contributed by atoms with Gasteiger partial charge in [-0.1, -0.05) is 12.1 Å². The van der Waals surface area contributed by atoms with Gasteiger partial charge in [-0.05, 0) is 33.9 Å². The Labute approximate surface area is 102 Å². The Morgan fingerprint density at radius 1 is 1.73 bits per heavy atom. The number of thiophene rings is 1. The number of nitrogens with zero attached hydrogens (tertiary/aromatic N) is 2. The first-order chi connectivity index (χ1) is 7.17. The molecule has 6 heteroatoms. The molecule has 0 saturated heterocycles. The van der Waals surface area contributed by atoms with Crippen molar-refractivity contribution in [3.05, 3.63) is 20.8 Å². The summed E-state index contributed by atoms with van der Waals surface area (Å²) in [6.07, 6.45) is 0. The van der Waals surface area contributed by atoms with Crippen molar-refractivity contribution in [1.29, 1.82) is 0 Å². The lowest BCUT2D eigenvalue weighted by Crippen LogP contribution is -2.33. The molecule has 0 aliphatic carbocycles. The Hall–Kier alpha value is -0.590. The number of halogens is 1. The van der Waals surface area contributed by atoms with Crippen LogP contribution in [0.5, 0.6) is 0 Å². The van der Waals surface area contributed by atoms with E-state index in [-0.39, 0.29) is 5.84 Å². The third-order valence-corrected chi connectivity index (χ3v) is 3.93. The van der Waals surface area contributed by atoms with E-state index in [1.807, 2.05) is 18.4 Å². The summed E-state index contributed by atoms with van der Waals surface area (Å²) < 4.78 is 1.12. The second kappa shape index (κ2) is 6.09. The van der Waals surface area contributed by atoms with E-state index < -0.39 is 0 Å². The summed E-state index contributed by atoms with van der Waals surface area (Å²) in [5.74, 6) is 0.240. The van der Waals surface area contributed by atoms with Gasteiger partial charge in [-0.2, -0.15) is 0 Å². The highest BCUT2D eigenvalue weighted by atomic mass is 79.9. The summed E-state index contributed by atoms with van der Waals surface area (Å²) in [5, 5.41) is 13.5. The van der Waals surface area contributed by atoms with Crippen LogP contribution in [0.2, 0.25) is 0 Å². The summed E-state index contributed by atoms with van der Waals surface area (Å²) in [5.41, 5.74) is 5.47. The van der Waals surface area contributed by atoms with E-state index in [1.165, 1.54) is 4.88 Å². The molecule has 3 N–H and O–H groups in total. The summed E-state index contributed by atoms with van der Waals surface area (Å²) in [6, 6.07) is 2.03. The van der Waals surface area contributed by atoms with Crippen LogP contribution >= 0.6 is 27.3 Å². The minimum atomic E-state index is 0.240. The van der Waals surface area contributed by atoms with Gasteiger partial charge in [0.05, 0.1) is 6.54 Å². The van der Waals surface area contributed by atoms with Gasteiger partial charge in [0.25, 0.3) is 0 Å². The van der Waals surface area contributed by atoms with E-state index in [4.69, 9.17) is 10.9 Å². The number of oxime groups is 1. The maximum Gasteiger partial charge on any atom is 0.153 e. The van der Waals surface area contributed by atoms with E-state index in [9.17, 15) is 0 Å². The van der Waals surface area contributed by atoms with Crippen molar-refractivity contribution < 1.29 is 5.21 Å². The Balaban J connectivity index is 2.58. The zero-order valence-electron chi connectivity index (χ0n) is 8.48. The van der Waals surface area contributed by atoms with Crippen LogP contribution in [0.3, 0.4) is 0 Å². The van der Waals surface area contributed by atoms with Gasteiger partial charge in [-0.3, -0.25) is 4.90 Å². The molecule has 0 amide bonds. The van der Waals surface area contributed by atoms with Gasteiger partial charge in [0, 0.05) is 15.9 Å². The molecule has 0 unspecified atom stereocenters. The van der Waals surface area contributed by atoms with Crippen molar-refractivity contribution in [2.24, 2.45) is 10.9 Å². The number of likely N-dealkylation sites (N-methyl/N-ethyl adjacent to an activating group) is 1. The van der Waals surface area contributed by atoms with Crippen LogP contribution in [0.1, 0.15) is 11.8 Å². The fourth-order valence-corrected chi connectivity index (χ4v) is 2.70. The smallest absolute Gasteiger partial charge is 0.153 e. The van der Waals surface area contributed by atoms with Crippen molar-refractivity contribution >= 4 is 33.1 Å². The number of nitrogens with two attached hydrogens (primary N) is 1. The molecule has 1 heterocycles. The highest BCUT2D eigenvalue weighted by Gasteiger charge is 2.09. The molecule has 15 heavy (non-hydrogen) atoms. The predicted molar refractivity (Wildman–Crippen MR) is 66.4 cm³/mol. The third-order valence-electron chi connectivity index (χ3n) is 2.02. The molecule has 0 radical (unpaired) electrons. The molecule has 0 saturated carbocycles. The molecule has 0 bridgehead atoms. The van der Waals surface area contributed by atoms with Crippen LogP contribution < -0.4 is 5.73 Å². The van der Waals surface area contributed by atoms with Gasteiger partial charge < -0.3 is 10.9 Å². The number of hydrogen-bond donors (Lipinski definition) is 2. The average molecular weight is 292 g/mol. The van der Waals surface area contributed by atoms with E-state index in [0.29, 0.717) is 6.54 Å². The number of amidine groups is 1. The first-order valence-corrected chi connectivity index (χ1v) is 6.25.